The molecule has 2 aromatic rings. The molecule has 57 heavy (non-hydrogen) atoms. The van der Waals surface area contributed by atoms with Gasteiger partial charge in [-0.3, -0.25) is 4.99 Å². The van der Waals surface area contributed by atoms with Crippen LogP contribution in [0.3, 0.4) is 0 Å². The number of hydrogen-bond donors (Lipinski definition) is 0. The van der Waals surface area contributed by atoms with Crippen LogP contribution >= 0.6 is 0 Å². The molecule has 0 aromatic heterocycles. The first-order chi connectivity index (χ1) is 27.6. The Morgan fingerprint density at radius 3 is 1.12 bits per heavy atom. The van der Waals surface area contributed by atoms with E-state index in [4.69, 9.17) is 9.98 Å². The van der Waals surface area contributed by atoms with Crippen LogP contribution in [-0.2, 0) is 42.2 Å². The zero-order valence-electron chi connectivity index (χ0n) is 38.3. The Morgan fingerprint density at radius 1 is 0.404 bits per heavy atom. The van der Waals surface area contributed by atoms with Gasteiger partial charge in [-0.1, -0.05) is 214 Å². The van der Waals surface area contributed by atoms with Gasteiger partial charge < -0.3 is 0 Å². The molecule has 3 heteroatoms. The van der Waals surface area contributed by atoms with E-state index in [0.29, 0.717) is 0 Å². The van der Waals surface area contributed by atoms with E-state index in [0.717, 1.165) is 74.2 Å². The van der Waals surface area contributed by atoms with E-state index in [1.165, 1.54) is 176 Å². The predicted molar refractivity (Wildman–Crippen MR) is 253 cm³/mol. The van der Waals surface area contributed by atoms with Gasteiger partial charge in [-0.15, -0.1) is 0 Å². The molecule has 0 N–H and O–H groups in total. The number of hydrogen-bond acceptors (Lipinski definition) is 2. The van der Waals surface area contributed by atoms with Crippen LogP contribution in [0.15, 0.2) is 46.4 Å². The van der Waals surface area contributed by atoms with Crippen LogP contribution in [0, 0.1) is 11.8 Å². The maximum atomic E-state index is 5.25. The first kappa shape index (κ1) is 52.9. The van der Waals surface area contributed by atoms with Crippen molar-refractivity contribution in [3.05, 3.63) is 58.7 Å². The number of aryl methyl sites for hydroxylation is 4. The molecule has 0 bridgehead atoms. The normalized spacial score (nSPS) is 11.8. The van der Waals surface area contributed by atoms with Crippen molar-refractivity contribution < 1.29 is 16.5 Å². The fourth-order valence-corrected chi connectivity index (χ4v) is 8.05. The predicted octanol–water partition coefficient (Wildman–Crippen LogP) is 17.7. The van der Waals surface area contributed by atoms with Crippen LogP contribution < -0.4 is 0 Å². The van der Waals surface area contributed by atoms with Crippen molar-refractivity contribution in [2.24, 2.45) is 9.98 Å². The Balaban J connectivity index is 0.0000162. The summed E-state index contributed by atoms with van der Waals surface area (Å²) in [5.74, 6) is 7.09. The maximum absolute atomic E-state index is 5.25. The van der Waals surface area contributed by atoms with Crippen LogP contribution in [0.1, 0.15) is 244 Å². The first-order valence-corrected chi connectivity index (χ1v) is 24.5. The number of aliphatic imine (C=N–C) groups is 2. The van der Waals surface area contributed by atoms with Gasteiger partial charge >= 0.3 is 0 Å². The summed E-state index contributed by atoms with van der Waals surface area (Å²) in [5.41, 5.74) is 9.52. The summed E-state index contributed by atoms with van der Waals surface area (Å²) in [7, 11) is 0. The molecule has 2 nitrogen and oxygen atoms in total. The van der Waals surface area contributed by atoms with Gasteiger partial charge in [-0.05, 0) is 97.4 Å². The van der Waals surface area contributed by atoms with E-state index in [2.05, 4.69) is 89.8 Å². The summed E-state index contributed by atoms with van der Waals surface area (Å²) in [6.07, 6.45) is 42.3. The summed E-state index contributed by atoms with van der Waals surface area (Å²) >= 11 is 0. The van der Waals surface area contributed by atoms with Crippen LogP contribution in [0.2, 0.25) is 0 Å². The Labute approximate surface area is 365 Å². The molecule has 0 fully saturated rings. The van der Waals surface area contributed by atoms with Crippen molar-refractivity contribution in [2.45, 2.75) is 247 Å². The summed E-state index contributed by atoms with van der Waals surface area (Å²) in [4.78, 5) is 10.5. The van der Waals surface area contributed by atoms with Gasteiger partial charge in [0.15, 0.2) is 0 Å². The Hall–Kier alpha value is -2.17. The van der Waals surface area contributed by atoms with Gasteiger partial charge in [-0.2, -0.15) is 0 Å². The molecule has 0 aliphatic heterocycles. The number of benzene rings is 2. The van der Waals surface area contributed by atoms with Gasteiger partial charge in [-0.25, -0.2) is 4.99 Å². The Bertz CT molecular complexity index is 1390. The first-order valence-electron chi connectivity index (χ1n) is 24.5. The summed E-state index contributed by atoms with van der Waals surface area (Å²) in [6.45, 7) is 13.5. The molecule has 2 rings (SSSR count). The number of unbranched alkanes of at least 4 members (excludes halogenated alkanes) is 25. The molecule has 0 heterocycles. The van der Waals surface area contributed by atoms with Crippen molar-refractivity contribution in [3.8, 4) is 11.8 Å². The van der Waals surface area contributed by atoms with Crippen LogP contribution in [0.4, 0.5) is 11.4 Å². The smallest absolute Gasteiger partial charge is 0.135 e. The molecule has 0 unspecified atom stereocenters. The van der Waals surface area contributed by atoms with E-state index in [1.54, 1.807) is 0 Å². The molecule has 0 spiro atoms. The maximum Gasteiger partial charge on any atom is 0.135 e. The van der Waals surface area contributed by atoms with Gasteiger partial charge in [0.2, 0.25) is 0 Å². The van der Waals surface area contributed by atoms with Crippen molar-refractivity contribution in [3.63, 3.8) is 0 Å². The van der Waals surface area contributed by atoms with Gasteiger partial charge in [0.25, 0.3) is 0 Å². The van der Waals surface area contributed by atoms with E-state index in [-0.39, 0.29) is 16.5 Å². The fraction of sp³-hybridized carbons (Fsp3) is 0.704. The van der Waals surface area contributed by atoms with E-state index in [1.807, 2.05) is 0 Å². The molecule has 0 aliphatic rings. The molecule has 0 atom stereocenters. The Kier molecular flexibility index (Phi) is 34.2. The molecule has 0 amide bonds. The minimum atomic E-state index is 0. The van der Waals surface area contributed by atoms with Gasteiger partial charge in [0.05, 0.1) is 17.1 Å². The molecular weight excluding hydrogens is 735 g/mol. The largest absolute Gasteiger partial charge is 0.251 e. The molecule has 0 saturated carbocycles. The minimum absolute atomic E-state index is 0. The summed E-state index contributed by atoms with van der Waals surface area (Å²) < 4.78 is 0. The molecule has 0 saturated heterocycles. The van der Waals surface area contributed by atoms with Crippen LogP contribution in [-0.4, -0.2) is 11.4 Å². The second-order valence-corrected chi connectivity index (χ2v) is 16.6. The average Bonchev–Trinajstić information content (AvgIpc) is 3.22. The van der Waals surface area contributed by atoms with E-state index in [9.17, 15) is 0 Å². The fourth-order valence-electron chi connectivity index (χ4n) is 8.05. The zero-order chi connectivity index (χ0) is 40.3. The minimum Gasteiger partial charge on any atom is -0.251 e. The third-order valence-electron chi connectivity index (χ3n) is 11.8. The molecule has 324 valence electrons. The third kappa shape index (κ3) is 25.2. The van der Waals surface area contributed by atoms with Crippen LogP contribution in [0.25, 0.3) is 0 Å². The summed E-state index contributed by atoms with van der Waals surface area (Å²) in [6, 6.07) is 13.4. The van der Waals surface area contributed by atoms with Crippen LogP contribution in [0.5, 0.6) is 0 Å². The zero-order valence-corrected chi connectivity index (χ0v) is 39.3. The number of rotatable bonds is 34. The topological polar surface area (TPSA) is 24.7 Å². The Morgan fingerprint density at radius 2 is 0.754 bits per heavy atom. The molecule has 2 aromatic carbocycles. The second-order valence-electron chi connectivity index (χ2n) is 16.6. The van der Waals surface area contributed by atoms with Crippen molar-refractivity contribution >= 4 is 22.8 Å². The van der Waals surface area contributed by atoms with Gasteiger partial charge in [0.1, 0.15) is 5.71 Å². The summed E-state index contributed by atoms with van der Waals surface area (Å²) in [5, 5.41) is 0. The van der Waals surface area contributed by atoms with E-state index >= 15 is 0 Å². The van der Waals surface area contributed by atoms with Gasteiger partial charge in [0, 0.05) is 22.9 Å². The molecule has 0 radical (unpaired) electrons. The second kappa shape index (κ2) is 36.9. The van der Waals surface area contributed by atoms with Crippen molar-refractivity contribution in [1.29, 1.82) is 0 Å². The van der Waals surface area contributed by atoms with Crippen molar-refractivity contribution in [2.75, 3.05) is 0 Å². The van der Waals surface area contributed by atoms with Crippen molar-refractivity contribution in [1.82, 2.24) is 0 Å². The average molecular weight is 824 g/mol. The number of nitrogens with zero attached hydrogens (tertiary/aromatic N) is 2. The molecular formula is C54H88N2Ni. The quantitative estimate of drug-likeness (QED) is 0.0291. The monoisotopic (exact) mass is 823 g/mol. The van der Waals surface area contributed by atoms with E-state index < -0.39 is 0 Å². The third-order valence-corrected chi connectivity index (χ3v) is 11.8. The SMILES string of the molecule is CCCCCCCCCCCCCCCCCCCCCCCCCCC#CC(=N\c1ccc(CC)c(CC)c1)/C(CCCC)=N/c1ccc(CC)c(CC)c1.[Ni]. The molecule has 0 aliphatic carbocycles. The standard InChI is InChI=1S/C54H88N2.Ni/c1-7-13-15-16-17-18-19-20-21-22-23-24-25-26-27-28-29-30-31-32-33-34-35-36-37-38-40-54(56-52-44-42-48(10-4)50(12-6)46-52)53(39-14-8-2)55-51-43-41-47(9-3)49(11-5)45-51;/h41-46H,7-37,39H2,1-6H3;/b55-53+,56-54+;.